The molecule has 3 aliphatic rings. The number of hydrogen-bond acceptors (Lipinski definition) is 5. The van der Waals surface area contributed by atoms with Gasteiger partial charge in [0.2, 0.25) is 0 Å². The molecule has 0 bridgehead atoms. The maximum absolute atomic E-state index is 9.34. The molecule has 0 unspecified atom stereocenters. The normalized spacial score (nSPS) is 23.7. The molecule has 3 aliphatic heterocycles. The molecule has 0 spiro atoms. The molecule has 0 aliphatic carbocycles. The van der Waals surface area contributed by atoms with Gasteiger partial charge in [-0.25, -0.2) is 0 Å². The lowest BCUT2D eigenvalue weighted by atomic mass is 9.81. The summed E-state index contributed by atoms with van der Waals surface area (Å²) in [6, 6.07) is 17.6. The lowest BCUT2D eigenvalue weighted by Gasteiger charge is -2.37. The molecule has 2 fully saturated rings. The van der Waals surface area contributed by atoms with Crippen LogP contribution in [0.2, 0.25) is 0 Å². The van der Waals surface area contributed by atoms with Gasteiger partial charge in [0, 0.05) is 38.1 Å². The molecule has 0 N–H and O–H groups in total. The highest BCUT2D eigenvalue weighted by molar-refractivity contribution is 5.48. The average molecular weight is 418 g/mol. The molecule has 5 nitrogen and oxygen atoms in total. The third-order valence-corrected chi connectivity index (χ3v) is 6.98. The molecule has 0 saturated carbocycles. The van der Waals surface area contributed by atoms with E-state index in [0.717, 1.165) is 70.3 Å². The van der Waals surface area contributed by atoms with Gasteiger partial charge in [-0.05, 0) is 66.8 Å². The van der Waals surface area contributed by atoms with E-state index in [0.29, 0.717) is 12.0 Å². The van der Waals surface area contributed by atoms with E-state index < -0.39 is 0 Å². The van der Waals surface area contributed by atoms with Gasteiger partial charge in [-0.2, -0.15) is 5.26 Å². The standard InChI is InChI=1S/C26H31N3O2/c27-18-20-4-1-5-21(16-20)25-19-29-10-2-6-26(29)24-17-22(7-8-23(24)25)31-13-3-9-28-11-14-30-15-12-28/h1,4-5,7-8,16-17,25-26H,2-3,6,9-15,19H2/t25-,26+/m1/s1. The van der Waals surface area contributed by atoms with E-state index in [1.165, 1.54) is 29.5 Å². The van der Waals surface area contributed by atoms with E-state index in [2.05, 4.69) is 46.2 Å². The number of morpholine rings is 1. The van der Waals surface area contributed by atoms with E-state index in [9.17, 15) is 5.26 Å². The summed E-state index contributed by atoms with van der Waals surface area (Å²) < 4.78 is 11.6. The highest BCUT2D eigenvalue weighted by Crippen LogP contribution is 2.45. The first-order valence-electron chi connectivity index (χ1n) is 11.6. The van der Waals surface area contributed by atoms with Crippen molar-refractivity contribution < 1.29 is 9.47 Å². The zero-order valence-corrected chi connectivity index (χ0v) is 18.1. The quantitative estimate of drug-likeness (QED) is 0.667. The Morgan fingerprint density at radius 3 is 2.84 bits per heavy atom. The molecule has 2 aromatic carbocycles. The second kappa shape index (κ2) is 9.40. The number of rotatable bonds is 6. The summed E-state index contributed by atoms with van der Waals surface area (Å²) in [6.07, 6.45) is 3.51. The number of hydrogen-bond donors (Lipinski definition) is 0. The van der Waals surface area contributed by atoms with Gasteiger partial charge in [0.15, 0.2) is 0 Å². The SMILES string of the molecule is N#Cc1cccc([C@H]2CN3CCC[C@H]3c3cc(OCCCN4CCOCC4)ccc32)c1. The summed E-state index contributed by atoms with van der Waals surface area (Å²) in [4.78, 5) is 5.07. The number of fused-ring (bicyclic) bond motifs is 3. The Hall–Kier alpha value is -2.39. The molecule has 2 atom stereocenters. The Labute approximate surface area is 185 Å². The summed E-state index contributed by atoms with van der Waals surface area (Å²) in [6.45, 7) is 7.77. The molecule has 2 saturated heterocycles. The third kappa shape index (κ3) is 4.48. The van der Waals surface area contributed by atoms with Crippen molar-refractivity contribution in [2.45, 2.75) is 31.2 Å². The van der Waals surface area contributed by atoms with Gasteiger partial charge in [-0.15, -0.1) is 0 Å². The van der Waals surface area contributed by atoms with Crippen molar-refractivity contribution in [2.75, 3.05) is 52.5 Å². The monoisotopic (exact) mass is 417 g/mol. The van der Waals surface area contributed by atoms with Crippen LogP contribution in [0.1, 0.15) is 53.5 Å². The van der Waals surface area contributed by atoms with Gasteiger partial charge in [-0.3, -0.25) is 9.80 Å². The third-order valence-electron chi connectivity index (χ3n) is 6.98. The summed E-state index contributed by atoms with van der Waals surface area (Å²) in [5.41, 5.74) is 4.80. The van der Waals surface area contributed by atoms with Crippen molar-refractivity contribution >= 4 is 0 Å². The predicted molar refractivity (Wildman–Crippen MR) is 120 cm³/mol. The molecule has 162 valence electrons. The first-order chi connectivity index (χ1) is 15.3. The molecule has 0 radical (unpaired) electrons. The summed E-state index contributed by atoms with van der Waals surface area (Å²) in [5, 5.41) is 9.34. The fourth-order valence-electron chi connectivity index (χ4n) is 5.39. The first-order valence-corrected chi connectivity index (χ1v) is 11.6. The molecular weight excluding hydrogens is 386 g/mol. The van der Waals surface area contributed by atoms with Crippen molar-refractivity contribution in [1.29, 1.82) is 5.26 Å². The summed E-state index contributed by atoms with van der Waals surface area (Å²) >= 11 is 0. The van der Waals surface area contributed by atoms with Crippen LogP contribution in [0, 0.1) is 11.3 Å². The molecule has 0 aromatic heterocycles. The van der Waals surface area contributed by atoms with E-state index >= 15 is 0 Å². The number of nitriles is 1. The molecule has 0 amide bonds. The van der Waals surface area contributed by atoms with Crippen LogP contribution in [-0.4, -0.2) is 62.3 Å². The molecule has 3 heterocycles. The minimum Gasteiger partial charge on any atom is -0.494 e. The summed E-state index contributed by atoms with van der Waals surface area (Å²) in [7, 11) is 0. The maximum atomic E-state index is 9.34. The molecule has 5 rings (SSSR count). The smallest absolute Gasteiger partial charge is 0.119 e. The van der Waals surface area contributed by atoms with Crippen LogP contribution < -0.4 is 4.74 Å². The maximum Gasteiger partial charge on any atom is 0.119 e. The van der Waals surface area contributed by atoms with Crippen molar-refractivity contribution in [3.63, 3.8) is 0 Å². The van der Waals surface area contributed by atoms with Gasteiger partial charge in [0.05, 0.1) is 31.5 Å². The highest BCUT2D eigenvalue weighted by Gasteiger charge is 2.36. The molecule has 31 heavy (non-hydrogen) atoms. The summed E-state index contributed by atoms with van der Waals surface area (Å²) in [5.74, 6) is 1.30. The number of ether oxygens (including phenoxy) is 2. The van der Waals surface area contributed by atoms with Crippen molar-refractivity contribution in [1.82, 2.24) is 9.80 Å². The van der Waals surface area contributed by atoms with E-state index in [1.54, 1.807) is 0 Å². The Morgan fingerprint density at radius 2 is 1.97 bits per heavy atom. The zero-order valence-electron chi connectivity index (χ0n) is 18.1. The van der Waals surface area contributed by atoms with Gasteiger partial charge in [0.25, 0.3) is 0 Å². The van der Waals surface area contributed by atoms with Crippen molar-refractivity contribution in [3.05, 3.63) is 64.7 Å². The van der Waals surface area contributed by atoms with Crippen LogP contribution in [0.5, 0.6) is 5.75 Å². The van der Waals surface area contributed by atoms with Crippen LogP contribution in [0.3, 0.4) is 0 Å². The largest absolute Gasteiger partial charge is 0.494 e. The van der Waals surface area contributed by atoms with Gasteiger partial charge in [0.1, 0.15) is 5.75 Å². The van der Waals surface area contributed by atoms with Crippen LogP contribution in [0.15, 0.2) is 42.5 Å². The topological polar surface area (TPSA) is 48.7 Å². The minimum atomic E-state index is 0.313. The van der Waals surface area contributed by atoms with Crippen molar-refractivity contribution in [3.8, 4) is 11.8 Å². The second-order valence-electron chi connectivity index (χ2n) is 8.89. The van der Waals surface area contributed by atoms with Crippen LogP contribution in [0.25, 0.3) is 0 Å². The molecule has 5 heteroatoms. The van der Waals surface area contributed by atoms with E-state index in [4.69, 9.17) is 9.47 Å². The number of benzene rings is 2. The predicted octanol–water partition coefficient (Wildman–Crippen LogP) is 3.94. The fourth-order valence-corrected chi connectivity index (χ4v) is 5.39. The molecular formula is C26H31N3O2. The van der Waals surface area contributed by atoms with E-state index in [-0.39, 0.29) is 0 Å². The Kier molecular flexibility index (Phi) is 6.22. The van der Waals surface area contributed by atoms with Crippen LogP contribution in [-0.2, 0) is 4.74 Å². The minimum absolute atomic E-state index is 0.313. The second-order valence-corrected chi connectivity index (χ2v) is 8.89. The van der Waals surface area contributed by atoms with Crippen LogP contribution >= 0.6 is 0 Å². The Balaban J connectivity index is 1.31. The Morgan fingerprint density at radius 1 is 1.06 bits per heavy atom. The van der Waals surface area contributed by atoms with Crippen molar-refractivity contribution in [2.24, 2.45) is 0 Å². The first kappa shape index (κ1) is 20.5. The fraction of sp³-hybridized carbons (Fsp3) is 0.500. The van der Waals surface area contributed by atoms with Gasteiger partial charge >= 0.3 is 0 Å². The number of nitrogens with zero attached hydrogens (tertiary/aromatic N) is 3. The van der Waals surface area contributed by atoms with Crippen LogP contribution in [0.4, 0.5) is 0 Å². The van der Waals surface area contributed by atoms with Gasteiger partial charge < -0.3 is 9.47 Å². The van der Waals surface area contributed by atoms with Gasteiger partial charge in [-0.1, -0.05) is 18.2 Å². The average Bonchev–Trinajstić information content (AvgIpc) is 3.31. The lowest BCUT2D eigenvalue weighted by molar-refractivity contribution is 0.0358. The Bertz CT molecular complexity index is 948. The zero-order chi connectivity index (χ0) is 21.0. The highest BCUT2D eigenvalue weighted by atomic mass is 16.5. The lowest BCUT2D eigenvalue weighted by Crippen LogP contribution is -2.37. The molecule has 2 aromatic rings. The van der Waals surface area contributed by atoms with E-state index in [1.807, 2.05) is 12.1 Å².